The van der Waals surface area contributed by atoms with Crippen molar-refractivity contribution in [3.05, 3.63) is 22.6 Å². The van der Waals surface area contributed by atoms with Gasteiger partial charge in [-0.25, -0.2) is 4.98 Å². The van der Waals surface area contributed by atoms with Crippen molar-refractivity contribution in [1.29, 1.82) is 0 Å². The molecular formula is C9H12BrN3. The first-order valence-electron chi connectivity index (χ1n) is 4.23. The highest BCUT2D eigenvalue weighted by Crippen LogP contribution is 2.17. The van der Waals surface area contributed by atoms with E-state index >= 15 is 0 Å². The van der Waals surface area contributed by atoms with Crippen LogP contribution in [0, 0.1) is 6.92 Å². The molecule has 0 bridgehead atoms. The number of nitrogens with zero attached hydrogens (tertiary/aromatic N) is 2. The molecule has 70 valence electrons. The molecule has 0 radical (unpaired) electrons. The van der Waals surface area contributed by atoms with Gasteiger partial charge in [-0.1, -0.05) is 13.8 Å². The molecule has 0 fully saturated rings. The average Bonchev–Trinajstić information content (AvgIpc) is 2.52. The van der Waals surface area contributed by atoms with Gasteiger partial charge in [0.25, 0.3) is 0 Å². The van der Waals surface area contributed by atoms with Crippen LogP contribution in [0.3, 0.4) is 0 Å². The summed E-state index contributed by atoms with van der Waals surface area (Å²) in [5, 5.41) is 8.06. The minimum atomic E-state index is 0.842. The monoisotopic (exact) mass is 241 g/mol. The fourth-order valence-corrected chi connectivity index (χ4v) is 1.35. The van der Waals surface area contributed by atoms with Crippen molar-refractivity contribution in [2.75, 3.05) is 0 Å². The molecule has 1 N–H and O–H groups in total. The molecule has 3 nitrogen and oxygen atoms in total. The summed E-state index contributed by atoms with van der Waals surface area (Å²) in [4.78, 5) is 4.05. The van der Waals surface area contributed by atoms with Crippen molar-refractivity contribution in [1.82, 2.24) is 15.2 Å². The largest absolute Gasteiger partial charge is 0.282 e. The lowest BCUT2D eigenvalue weighted by molar-refractivity contribution is 1.07. The zero-order chi connectivity index (χ0) is 9.84. The maximum absolute atomic E-state index is 4.05. The van der Waals surface area contributed by atoms with Gasteiger partial charge in [-0.15, -0.1) is 0 Å². The summed E-state index contributed by atoms with van der Waals surface area (Å²) in [6.07, 6.45) is 1.74. The van der Waals surface area contributed by atoms with Gasteiger partial charge < -0.3 is 0 Å². The summed E-state index contributed by atoms with van der Waals surface area (Å²) in [7, 11) is 0. The molecule has 2 aromatic heterocycles. The van der Waals surface area contributed by atoms with Crippen LogP contribution in [-0.2, 0) is 0 Å². The Morgan fingerprint density at radius 2 is 2.08 bits per heavy atom. The lowest BCUT2D eigenvalue weighted by Crippen LogP contribution is -1.74. The Hall–Kier alpha value is -0.900. The third-order valence-electron chi connectivity index (χ3n) is 1.60. The van der Waals surface area contributed by atoms with E-state index in [0.29, 0.717) is 0 Å². The topological polar surface area (TPSA) is 41.6 Å². The Bertz CT molecular complexity index is 395. The Labute approximate surface area is 85.7 Å². The fourth-order valence-electron chi connectivity index (χ4n) is 1.02. The molecule has 0 amide bonds. The van der Waals surface area contributed by atoms with E-state index in [1.54, 1.807) is 6.20 Å². The first kappa shape index (κ1) is 10.2. The highest BCUT2D eigenvalue weighted by molar-refractivity contribution is 9.10. The average molecular weight is 242 g/mol. The Morgan fingerprint density at radius 1 is 1.38 bits per heavy atom. The van der Waals surface area contributed by atoms with Crippen LogP contribution in [0.1, 0.15) is 19.5 Å². The number of aromatic amines is 1. The fraction of sp³-hybridized carbons (Fsp3) is 0.333. The number of aromatic nitrogens is 3. The minimum absolute atomic E-state index is 0.842. The van der Waals surface area contributed by atoms with Gasteiger partial charge in [0.15, 0.2) is 0 Å². The Balaban J connectivity index is 0.000000396. The lowest BCUT2D eigenvalue weighted by atomic mass is 10.3. The maximum Gasteiger partial charge on any atom is 0.111 e. The van der Waals surface area contributed by atoms with Gasteiger partial charge >= 0.3 is 0 Å². The number of pyridine rings is 1. The molecule has 2 heterocycles. The summed E-state index contributed by atoms with van der Waals surface area (Å²) in [5.41, 5.74) is 1.98. The first-order chi connectivity index (χ1) is 6.27. The molecule has 2 aromatic rings. The molecule has 4 heteroatoms. The van der Waals surface area contributed by atoms with E-state index < -0.39 is 0 Å². The van der Waals surface area contributed by atoms with Crippen LogP contribution < -0.4 is 0 Å². The molecule has 0 aliphatic rings. The number of H-pyrrole nitrogens is 1. The predicted octanol–water partition coefficient (Wildman–Crippen LogP) is 3.06. The van der Waals surface area contributed by atoms with E-state index in [1.165, 1.54) is 0 Å². The lowest BCUT2D eigenvalue weighted by Gasteiger charge is -1.88. The van der Waals surface area contributed by atoms with Crippen molar-refractivity contribution < 1.29 is 0 Å². The van der Waals surface area contributed by atoms with Crippen LogP contribution in [0.15, 0.2) is 16.9 Å². The third-order valence-corrected chi connectivity index (χ3v) is 2.03. The molecule has 0 unspecified atom stereocenters. The zero-order valence-corrected chi connectivity index (χ0v) is 9.51. The molecule has 2 rings (SSSR count). The molecular weight excluding hydrogens is 230 g/mol. The number of fused-ring (bicyclic) bond motifs is 1. The molecule has 0 saturated heterocycles. The van der Waals surface area contributed by atoms with Crippen LogP contribution in [0.2, 0.25) is 0 Å². The predicted molar refractivity (Wildman–Crippen MR) is 57.7 cm³/mol. The van der Waals surface area contributed by atoms with E-state index in [-0.39, 0.29) is 0 Å². The van der Waals surface area contributed by atoms with Crippen molar-refractivity contribution >= 4 is 26.8 Å². The molecule has 0 aromatic carbocycles. The third kappa shape index (κ3) is 2.06. The Kier molecular flexibility index (Phi) is 3.42. The van der Waals surface area contributed by atoms with Gasteiger partial charge in [-0.2, -0.15) is 5.10 Å². The smallest absolute Gasteiger partial charge is 0.111 e. The minimum Gasteiger partial charge on any atom is -0.282 e. The number of rotatable bonds is 0. The standard InChI is InChI=1S/C7H6BrN3.C2H6/c1-4-5-2-7(8)9-3-6(5)11-10-4;1-2/h2-3H,1H3,(H,10,11);1-2H3. The second-order valence-corrected chi connectivity index (χ2v) is 3.19. The van der Waals surface area contributed by atoms with Crippen molar-refractivity contribution in [3.63, 3.8) is 0 Å². The summed E-state index contributed by atoms with van der Waals surface area (Å²) in [5.74, 6) is 0. The summed E-state index contributed by atoms with van der Waals surface area (Å²) < 4.78 is 0.842. The zero-order valence-electron chi connectivity index (χ0n) is 7.93. The quantitative estimate of drug-likeness (QED) is 0.721. The summed E-state index contributed by atoms with van der Waals surface area (Å²) in [6, 6.07) is 1.95. The van der Waals surface area contributed by atoms with E-state index in [0.717, 1.165) is 21.2 Å². The van der Waals surface area contributed by atoms with Crippen LogP contribution in [0.25, 0.3) is 10.9 Å². The number of hydrogen-bond acceptors (Lipinski definition) is 2. The van der Waals surface area contributed by atoms with Gasteiger partial charge in [0.2, 0.25) is 0 Å². The molecule has 0 spiro atoms. The molecule has 0 atom stereocenters. The number of aryl methyl sites for hydroxylation is 1. The number of halogens is 1. The second-order valence-electron chi connectivity index (χ2n) is 2.37. The highest BCUT2D eigenvalue weighted by atomic mass is 79.9. The van der Waals surface area contributed by atoms with Crippen LogP contribution >= 0.6 is 15.9 Å². The molecule has 0 aliphatic heterocycles. The van der Waals surface area contributed by atoms with Crippen LogP contribution in [-0.4, -0.2) is 15.2 Å². The van der Waals surface area contributed by atoms with Crippen LogP contribution in [0.4, 0.5) is 0 Å². The number of nitrogens with one attached hydrogen (secondary N) is 1. The van der Waals surface area contributed by atoms with Crippen molar-refractivity contribution in [2.24, 2.45) is 0 Å². The first-order valence-corrected chi connectivity index (χ1v) is 5.03. The van der Waals surface area contributed by atoms with Gasteiger partial charge in [0, 0.05) is 11.1 Å². The summed E-state index contributed by atoms with van der Waals surface area (Å²) >= 11 is 3.30. The Morgan fingerprint density at radius 3 is 2.77 bits per heavy atom. The maximum atomic E-state index is 4.05. The normalized spacial score (nSPS) is 9.54. The van der Waals surface area contributed by atoms with E-state index in [2.05, 4.69) is 31.1 Å². The van der Waals surface area contributed by atoms with Gasteiger partial charge in [-0.05, 0) is 28.9 Å². The molecule has 0 aliphatic carbocycles. The van der Waals surface area contributed by atoms with Gasteiger partial charge in [0.1, 0.15) is 10.1 Å². The summed E-state index contributed by atoms with van der Waals surface area (Å²) in [6.45, 7) is 5.99. The van der Waals surface area contributed by atoms with Gasteiger partial charge in [-0.3, -0.25) is 5.10 Å². The molecule has 13 heavy (non-hydrogen) atoms. The number of hydrogen-bond donors (Lipinski definition) is 1. The highest BCUT2D eigenvalue weighted by Gasteiger charge is 2.00. The van der Waals surface area contributed by atoms with Crippen molar-refractivity contribution in [3.8, 4) is 0 Å². The van der Waals surface area contributed by atoms with E-state index in [9.17, 15) is 0 Å². The van der Waals surface area contributed by atoms with E-state index in [4.69, 9.17) is 0 Å². The van der Waals surface area contributed by atoms with Crippen LogP contribution in [0.5, 0.6) is 0 Å². The molecule has 0 saturated carbocycles. The van der Waals surface area contributed by atoms with E-state index in [1.807, 2.05) is 26.8 Å². The SMILES string of the molecule is CC.Cc1[nH]nc2cnc(Br)cc12. The second kappa shape index (κ2) is 4.37. The van der Waals surface area contributed by atoms with Gasteiger partial charge in [0.05, 0.1) is 6.20 Å². The van der Waals surface area contributed by atoms with Crippen molar-refractivity contribution in [2.45, 2.75) is 20.8 Å².